The van der Waals surface area contributed by atoms with Crippen LogP contribution in [0.4, 0.5) is 4.39 Å². The molecule has 24 heavy (non-hydrogen) atoms. The Balaban J connectivity index is 1.63. The van der Waals surface area contributed by atoms with Gasteiger partial charge in [0.1, 0.15) is 11.4 Å². The molecule has 5 rings (SSSR count). The maximum atomic E-state index is 13.8. The molecule has 0 radical (unpaired) electrons. The molecule has 4 aliphatic carbocycles. The second-order valence-electron chi connectivity index (χ2n) is 8.89. The summed E-state index contributed by atoms with van der Waals surface area (Å²) in [5.74, 6) is 1.32. The lowest BCUT2D eigenvalue weighted by Crippen LogP contribution is -2.57. The molecule has 1 spiro atoms. The average molecular weight is 330 g/mol. The normalized spacial score (nSPS) is 56.5. The zero-order valence-electron chi connectivity index (χ0n) is 14.2. The van der Waals surface area contributed by atoms with Gasteiger partial charge in [0, 0.05) is 17.3 Å². The highest BCUT2D eigenvalue weighted by atomic mass is 19.1. The van der Waals surface area contributed by atoms with Crippen LogP contribution in [0.3, 0.4) is 0 Å². The summed E-state index contributed by atoms with van der Waals surface area (Å²) >= 11 is 0. The standard InChI is InChI=1S/C20H23FO3/c1-18-7-5-14-12(13(18)3-4-16(18)23)9-11(10-21)20-17(24-20)15(22)6-8-19(14,20)2/h6,8,10,12-14,17H,3-5,7,9H2,1-2H3/t12-,13-,14-,17?,18-,19+,20?/m0/s1. The number of Topliss-reactive ketones (excluding diaryl/α,β-unsaturated/α-hetero) is 1. The topological polar surface area (TPSA) is 46.7 Å². The van der Waals surface area contributed by atoms with E-state index in [9.17, 15) is 14.0 Å². The van der Waals surface area contributed by atoms with Gasteiger partial charge >= 0.3 is 0 Å². The quantitative estimate of drug-likeness (QED) is 0.638. The number of hydrogen-bond donors (Lipinski definition) is 0. The first-order valence-electron chi connectivity index (χ1n) is 9.12. The highest BCUT2D eigenvalue weighted by Crippen LogP contribution is 2.71. The predicted molar refractivity (Wildman–Crippen MR) is 85.7 cm³/mol. The third-order valence-corrected chi connectivity index (χ3v) is 8.25. The second-order valence-corrected chi connectivity index (χ2v) is 8.89. The van der Waals surface area contributed by atoms with E-state index < -0.39 is 11.7 Å². The van der Waals surface area contributed by atoms with Crippen molar-refractivity contribution in [1.29, 1.82) is 0 Å². The summed E-state index contributed by atoms with van der Waals surface area (Å²) in [7, 11) is 0. The summed E-state index contributed by atoms with van der Waals surface area (Å²) in [6.45, 7) is 4.25. The molecule has 3 saturated carbocycles. The Morgan fingerprint density at radius 2 is 2.04 bits per heavy atom. The van der Waals surface area contributed by atoms with Gasteiger partial charge in [0.2, 0.25) is 0 Å². The lowest BCUT2D eigenvalue weighted by atomic mass is 9.45. The monoisotopic (exact) mass is 330 g/mol. The van der Waals surface area contributed by atoms with E-state index in [1.54, 1.807) is 6.08 Å². The van der Waals surface area contributed by atoms with Gasteiger partial charge in [-0.25, -0.2) is 4.39 Å². The molecule has 5 aliphatic rings. The van der Waals surface area contributed by atoms with E-state index in [1.807, 2.05) is 6.08 Å². The van der Waals surface area contributed by atoms with Gasteiger partial charge in [0.05, 0.1) is 6.33 Å². The summed E-state index contributed by atoms with van der Waals surface area (Å²) in [6, 6.07) is 0. The van der Waals surface area contributed by atoms with Gasteiger partial charge in [0.25, 0.3) is 0 Å². The molecule has 0 amide bonds. The largest absolute Gasteiger partial charge is 0.352 e. The minimum absolute atomic E-state index is 0.0398. The van der Waals surface area contributed by atoms with E-state index in [2.05, 4.69) is 13.8 Å². The van der Waals surface area contributed by atoms with Crippen LogP contribution < -0.4 is 0 Å². The first kappa shape index (κ1) is 15.0. The number of halogens is 1. The molecule has 4 heteroatoms. The molecule has 3 nitrogen and oxygen atoms in total. The number of epoxide rings is 1. The van der Waals surface area contributed by atoms with Crippen LogP contribution in [0.25, 0.3) is 0 Å². The van der Waals surface area contributed by atoms with Crippen molar-refractivity contribution in [3.05, 3.63) is 24.1 Å². The second kappa shape index (κ2) is 4.27. The number of carbonyl (C=O) groups excluding carboxylic acids is 2. The summed E-state index contributed by atoms with van der Waals surface area (Å²) in [5, 5.41) is 0. The Kier molecular flexibility index (Phi) is 2.67. The van der Waals surface area contributed by atoms with E-state index in [-0.39, 0.29) is 16.6 Å². The Hall–Kier alpha value is -1.29. The fourth-order valence-electron chi connectivity index (χ4n) is 6.89. The molecule has 0 aromatic carbocycles. The molecule has 1 saturated heterocycles. The van der Waals surface area contributed by atoms with Crippen molar-refractivity contribution in [1.82, 2.24) is 0 Å². The highest BCUT2D eigenvalue weighted by Gasteiger charge is 2.77. The number of rotatable bonds is 0. The van der Waals surface area contributed by atoms with Crippen molar-refractivity contribution < 1.29 is 18.7 Å². The third kappa shape index (κ3) is 1.40. The van der Waals surface area contributed by atoms with Gasteiger partial charge in [0.15, 0.2) is 11.9 Å². The Morgan fingerprint density at radius 1 is 1.25 bits per heavy atom. The molecule has 1 aliphatic heterocycles. The van der Waals surface area contributed by atoms with E-state index in [4.69, 9.17) is 4.74 Å². The predicted octanol–water partition coefficient (Wildman–Crippen LogP) is 3.54. The number of ether oxygens (including phenoxy) is 1. The third-order valence-electron chi connectivity index (χ3n) is 8.25. The number of carbonyl (C=O) groups is 2. The van der Waals surface area contributed by atoms with Crippen LogP contribution in [0.2, 0.25) is 0 Å². The van der Waals surface area contributed by atoms with Crippen molar-refractivity contribution in [2.24, 2.45) is 28.6 Å². The molecule has 0 bridgehead atoms. The molecule has 7 atom stereocenters. The van der Waals surface area contributed by atoms with Crippen molar-refractivity contribution in [2.45, 2.75) is 57.7 Å². The summed E-state index contributed by atoms with van der Waals surface area (Å²) in [4.78, 5) is 24.6. The molecule has 0 aromatic heterocycles. The van der Waals surface area contributed by atoms with E-state index in [1.165, 1.54) is 0 Å². The van der Waals surface area contributed by atoms with Gasteiger partial charge < -0.3 is 4.74 Å². The van der Waals surface area contributed by atoms with Gasteiger partial charge in [-0.1, -0.05) is 19.9 Å². The Labute approximate surface area is 141 Å². The first-order chi connectivity index (χ1) is 11.4. The van der Waals surface area contributed by atoms with Crippen LogP contribution in [0, 0.1) is 28.6 Å². The molecule has 4 fully saturated rings. The van der Waals surface area contributed by atoms with Crippen LogP contribution in [0.15, 0.2) is 24.1 Å². The van der Waals surface area contributed by atoms with Crippen molar-refractivity contribution >= 4 is 11.6 Å². The summed E-state index contributed by atoms with van der Waals surface area (Å²) in [5.41, 5.74) is -0.705. The van der Waals surface area contributed by atoms with Crippen LogP contribution in [-0.4, -0.2) is 23.3 Å². The van der Waals surface area contributed by atoms with Gasteiger partial charge in [-0.15, -0.1) is 0 Å². The zero-order chi connectivity index (χ0) is 16.9. The van der Waals surface area contributed by atoms with Crippen LogP contribution >= 0.6 is 0 Å². The van der Waals surface area contributed by atoms with E-state index >= 15 is 0 Å². The summed E-state index contributed by atoms with van der Waals surface area (Å²) < 4.78 is 19.8. The Morgan fingerprint density at radius 3 is 2.79 bits per heavy atom. The van der Waals surface area contributed by atoms with Gasteiger partial charge in [-0.05, 0) is 55.1 Å². The maximum Gasteiger partial charge on any atom is 0.187 e. The smallest absolute Gasteiger partial charge is 0.187 e. The maximum absolute atomic E-state index is 13.8. The van der Waals surface area contributed by atoms with Crippen molar-refractivity contribution in [2.75, 3.05) is 0 Å². The number of ketones is 2. The highest BCUT2D eigenvalue weighted by molar-refractivity contribution is 5.99. The van der Waals surface area contributed by atoms with Crippen molar-refractivity contribution in [3.8, 4) is 0 Å². The fourth-order valence-corrected chi connectivity index (χ4v) is 6.89. The lowest BCUT2D eigenvalue weighted by molar-refractivity contribution is -0.133. The summed E-state index contributed by atoms with van der Waals surface area (Å²) in [6.07, 6.45) is 7.88. The lowest BCUT2D eigenvalue weighted by Gasteiger charge is -2.57. The Bertz CT molecular complexity index is 724. The van der Waals surface area contributed by atoms with Gasteiger partial charge in [-0.3, -0.25) is 9.59 Å². The molecular formula is C20H23FO3. The minimum Gasteiger partial charge on any atom is -0.352 e. The van der Waals surface area contributed by atoms with Crippen molar-refractivity contribution in [3.63, 3.8) is 0 Å². The van der Waals surface area contributed by atoms with Crippen LogP contribution in [0.5, 0.6) is 0 Å². The van der Waals surface area contributed by atoms with Crippen LogP contribution in [-0.2, 0) is 14.3 Å². The average Bonchev–Trinajstić information content (AvgIpc) is 3.25. The molecule has 0 aromatic rings. The minimum atomic E-state index is -0.759. The number of fused-ring (bicyclic) bond motifs is 4. The molecule has 2 unspecified atom stereocenters. The first-order valence-corrected chi connectivity index (χ1v) is 9.12. The number of hydrogen-bond acceptors (Lipinski definition) is 3. The molecule has 1 heterocycles. The van der Waals surface area contributed by atoms with E-state index in [0.29, 0.717) is 48.3 Å². The fraction of sp³-hybridized carbons (Fsp3) is 0.700. The molecule has 0 N–H and O–H groups in total. The zero-order valence-corrected chi connectivity index (χ0v) is 14.2. The van der Waals surface area contributed by atoms with E-state index in [0.717, 1.165) is 19.3 Å². The van der Waals surface area contributed by atoms with Gasteiger partial charge in [-0.2, -0.15) is 0 Å². The molecular weight excluding hydrogens is 307 g/mol. The van der Waals surface area contributed by atoms with Crippen LogP contribution in [0.1, 0.15) is 46.0 Å². The SMILES string of the molecule is C[C@]12CC[C@H]3[C@@H](CC(=CF)C45OC4C(=O)C=C[C@]35C)[C@@H]1CCC2=O. The molecule has 128 valence electrons.